The van der Waals surface area contributed by atoms with E-state index in [1.807, 2.05) is 0 Å². The molecule has 0 heterocycles. The third-order valence-corrected chi connectivity index (χ3v) is 2.63. The summed E-state index contributed by atoms with van der Waals surface area (Å²) < 4.78 is 18.4. The quantitative estimate of drug-likeness (QED) is 0.644. The molecular weight excluding hydrogens is 156 g/mol. The second-order valence-corrected chi connectivity index (χ2v) is 4.68. The van der Waals surface area contributed by atoms with Gasteiger partial charge in [-0.15, -0.1) is 0 Å². The Labute approximate surface area is 62.7 Å². The maximum atomic E-state index is 10.1. The van der Waals surface area contributed by atoms with Gasteiger partial charge in [0.2, 0.25) is 0 Å². The van der Waals surface area contributed by atoms with E-state index in [4.69, 9.17) is 4.55 Å². The van der Waals surface area contributed by atoms with Gasteiger partial charge >= 0.3 is 0 Å². The summed E-state index contributed by atoms with van der Waals surface area (Å²) in [6, 6.07) is 0. The van der Waals surface area contributed by atoms with Gasteiger partial charge in [0.05, 0.1) is 5.75 Å². The van der Waals surface area contributed by atoms with Gasteiger partial charge in [0.1, 0.15) is 0 Å². The molecule has 0 spiro atoms. The van der Waals surface area contributed by atoms with Gasteiger partial charge in [-0.3, -0.25) is 0 Å². The van der Waals surface area contributed by atoms with E-state index in [2.05, 4.69) is 13.8 Å². The van der Waals surface area contributed by atoms with Crippen LogP contribution >= 0.6 is 11.8 Å². The van der Waals surface area contributed by atoms with Crippen molar-refractivity contribution in [3.05, 3.63) is 0 Å². The Morgan fingerprint density at radius 3 is 2.56 bits per heavy atom. The molecule has 9 heavy (non-hydrogen) atoms. The Morgan fingerprint density at radius 2 is 2.22 bits per heavy atom. The van der Waals surface area contributed by atoms with Crippen LogP contribution in [0.1, 0.15) is 13.8 Å². The number of rotatable bonds is 4. The Kier molecular flexibility index (Phi) is 5.53. The molecule has 0 radical (unpaired) electrons. The highest BCUT2D eigenvalue weighted by Gasteiger charge is 1.95. The lowest BCUT2D eigenvalue weighted by Gasteiger charge is -2.00. The fraction of sp³-hybridized carbons (Fsp3) is 1.00. The van der Waals surface area contributed by atoms with Crippen molar-refractivity contribution in [2.24, 2.45) is 0 Å². The zero-order valence-corrected chi connectivity index (χ0v) is 7.30. The molecule has 0 fully saturated rings. The first-order chi connectivity index (χ1) is 4.13. The lowest BCUT2D eigenvalue weighted by molar-refractivity contribution is 0.566. The third kappa shape index (κ3) is 8.46. The molecule has 0 saturated heterocycles. The molecule has 0 aromatic carbocycles. The second kappa shape index (κ2) is 5.26. The lowest BCUT2D eigenvalue weighted by atomic mass is 10.6. The van der Waals surface area contributed by atoms with E-state index in [0.717, 1.165) is 5.75 Å². The van der Waals surface area contributed by atoms with Gasteiger partial charge in [-0.1, -0.05) is 13.8 Å². The fourth-order valence-corrected chi connectivity index (χ4v) is 1.78. The van der Waals surface area contributed by atoms with Crippen LogP contribution in [0.25, 0.3) is 0 Å². The van der Waals surface area contributed by atoms with Crippen molar-refractivity contribution in [3.8, 4) is 0 Å². The van der Waals surface area contributed by atoms with Gasteiger partial charge < -0.3 is 4.55 Å². The molecule has 0 aromatic heterocycles. The van der Waals surface area contributed by atoms with E-state index in [0.29, 0.717) is 11.0 Å². The standard InChI is InChI=1S/C5H12O2S2/c1-5(2)8-3-4-9(6)7/h5H,3-4H2,1-2H3,(H,6,7). The highest BCUT2D eigenvalue weighted by atomic mass is 32.2. The number of hydrogen-bond acceptors (Lipinski definition) is 2. The molecule has 0 bridgehead atoms. The average Bonchev–Trinajstić information content (AvgIpc) is 1.63. The topological polar surface area (TPSA) is 37.3 Å². The summed E-state index contributed by atoms with van der Waals surface area (Å²) in [6.45, 7) is 4.15. The van der Waals surface area contributed by atoms with E-state index in [1.165, 1.54) is 0 Å². The SMILES string of the molecule is CC(C)SCCS(=O)O. The molecule has 0 aliphatic heterocycles. The van der Waals surface area contributed by atoms with Crippen molar-refractivity contribution in [3.63, 3.8) is 0 Å². The van der Waals surface area contributed by atoms with Crippen LogP contribution in [0, 0.1) is 0 Å². The lowest BCUT2D eigenvalue weighted by Crippen LogP contribution is -2.00. The summed E-state index contributed by atoms with van der Waals surface area (Å²) in [5.74, 6) is 1.17. The van der Waals surface area contributed by atoms with Crippen LogP contribution in [0.3, 0.4) is 0 Å². The maximum Gasteiger partial charge on any atom is 0.153 e. The van der Waals surface area contributed by atoms with Gasteiger partial charge in [0, 0.05) is 5.75 Å². The molecule has 0 aliphatic carbocycles. The Balaban J connectivity index is 3.01. The van der Waals surface area contributed by atoms with E-state index < -0.39 is 11.1 Å². The molecule has 1 unspecified atom stereocenters. The first kappa shape index (κ1) is 9.46. The monoisotopic (exact) mass is 168 g/mol. The molecule has 4 heteroatoms. The Hall–Kier alpha value is 0.460. The van der Waals surface area contributed by atoms with Crippen molar-refractivity contribution in [2.75, 3.05) is 11.5 Å². The zero-order valence-electron chi connectivity index (χ0n) is 5.66. The molecule has 0 saturated carbocycles. The molecular formula is C5H12O2S2. The molecule has 0 aromatic rings. The van der Waals surface area contributed by atoms with Crippen LogP contribution in [0.5, 0.6) is 0 Å². The number of hydrogen-bond donors (Lipinski definition) is 1. The van der Waals surface area contributed by atoms with Crippen molar-refractivity contribution < 1.29 is 8.76 Å². The van der Waals surface area contributed by atoms with E-state index in [-0.39, 0.29) is 0 Å². The fourth-order valence-electron chi connectivity index (χ4n) is 0.355. The third-order valence-electron chi connectivity index (χ3n) is 0.709. The summed E-state index contributed by atoms with van der Waals surface area (Å²) in [5.41, 5.74) is 0. The molecule has 1 atom stereocenters. The smallest absolute Gasteiger partial charge is 0.153 e. The van der Waals surface area contributed by atoms with Crippen LogP contribution in [-0.2, 0) is 11.1 Å². The summed E-state index contributed by atoms with van der Waals surface area (Å²) in [5, 5.41) is 0.563. The minimum atomic E-state index is -1.60. The minimum absolute atomic E-state index is 0.392. The van der Waals surface area contributed by atoms with Gasteiger partial charge in [-0.25, -0.2) is 4.21 Å². The highest BCUT2D eigenvalue weighted by Crippen LogP contribution is 2.07. The summed E-state index contributed by atoms with van der Waals surface area (Å²) in [7, 11) is 0. The van der Waals surface area contributed by atoms with E-state index in [1.54, 1.807) is 11.8 Å². The average molecular weight is 168 g/mol. The van der Waals surface area contributed by atoms with Crippen LogP contribution in [0.4, 0.5) is 0 Å². The summed E-state index contributed by atoms with van der Waals surface area (Å²) in [6.07, 6.45) is 0. The molecule has 1 N–H and O–H groups in total. The molecule has 56 valence electrons. The molecule has 0 rings (SSSR count). The van der Waals surface area contributed by atoms with Crippen molar-refractivity contribution >= 4 is 22.8 Å². The van der Waals surface area contributed by atoms with Crippen molar-refractivity contribution in [1.29, 1.82) is 0 Å². The molecule has 0 aliphatic rings. The van der Waals surface area contributed by atoms with Gasteiger partial charge in [0.15, 0.2) is 11.1 Å². The first-order valence-electron chi connectivity index (χ1n) is 2.82. The Bertz CT molecular complexity index is 93.0. The largest absolute Gasteiger partial charge is 0.306 e. The predicted octanol–water partition coefficient (Wildman–Crippen LogP) is 1.35. The van der Waals surface area contributed by atoms with E-state index >= 15 is 0 Å². The van der Waals surface area contributed by atoms with Gasteiger partial charge in [0.25, 0.3) is 0 Å². The maximum absolute atomic E-state index is 10.1. The zero-order chi connectivity index (χ0) is 7.28. The summed E-state index contributed by atoms with van der Waals surface area (Å²) in [4.78, 5) is 0. The minimum Gasteiger partial charge on any atom is -0.306 e. The van der Waals surface area contributed by atoms with Crippen molar-refractivity contribution in [1.82, 2.24) is 0 Å². The van der Waals surface area contributed by atoms with E-state index in [9.17, 15) is 4.21 Å². The Morgan fingerprint density at radius 1 is 1.67 bits per heavy atom. The normalized spacial score (nSPS) is 14.2. The van der Waals surface area contributed by atoms with Crippen LogP contribution in [0.2, 0.25) is 0 Å². The van der Waals surface area contributed by atoms with Crippen LogP contribution in [-0.4, -0.2) is 25.5 Å². The molecule has 0 amide bonds. The van der Waals surface area contributed by atoms with Gasteiger partial charge in [-0.2, -0.15) is 11.8 Å². The van der Waals surface area contributed by atoms with Crippen LogP contribution in [0.15, 0.2) is 0 Å². The number of thioether (sulfide) groups is 1. The van der Waals surface area contributed by atoms with Gasteiger partial charge in [-0.05, 0) is 5.25 Å². The second-order valence-electron chi connectivity index (χ2n) is 1.95. The van der Waals surface area contributed by atoms with Crippen LogP contribution < -0.4 is 0 Å². The highest BCUT2D eigenvalue weighted by molar-refractivity contribution is 8.00. The molecule has 2 nitrogen and oxygen atoms in total. The predicted molar refractivity (Wildman–Crippen MR) is 43.2 cm³/mol. The first-order valence-corrected chi connectivity index (χ1v) is 5.14. The summed E-state index contributed by atoms with van der Waals surface area (Å²) >= 11 is 0.104. The van der Waals surface area contributed by atoms with Crippen molar-refractivity contribution in [2.45, 2.75) is 19.1 Å².